The highest BCUT2D eigenvalue weighted by Crippen LogP contribution is 2.36. The molecular weight excluding hydrogens is 524 g/mol. The van der Waals surface area contributed by atoms with Gasteiger partial charge < -0.3 is 14.8 Å². The van der Waals surface area contributed by atoms with E-state index in [0.29, 0.717) is 29.4 Å². The van der Waals surface area contributed by atoms with Gasteiger partial charge in [-0.2, -0.15) is 0 Å². The molecule has 0 saturated carbocycles. The first-order chi connectivity index (χ1) is 18.6. The molecule has 0 aliphatic carbocycles. The second-order valence-electron chi connectivity index (χ2n) is 8.47. The van der Waals surface area contributed by atoms with Gasteiger partial charge in [0.15, 0.2) is 11.5 Å². The first-order valence-corrected chi connectivity index (χ1v) is 12.6. The van der Waals surface area contributed by atoms with E-state index in [-0.39, 0.29) is 16.5 Å². The van der Waals surface area contributed by atoms with Gasteiger partial charge in [0.1, 0.15) is 12.7 Å². The first kappa shape index (κ1) is 27.3. The quantitative estimate of drug-likeness (QED) is 0.209. The van der Waals surface area contributed by atoms with Crippen molar-refractivity contribution in [3.05, 3.63) is 86.4 Å². The molecule has 2 heterocycles. The average Bonchev–Trinajstić information content (AvgIpc) is 3.15. The van der Waals surface area contributed by atoms with Crippen molar-refractivity contribution in [2.45, 2.75) is 20.8 Å². The van der Waals surface area contributed by atoms with Gasteiger partial charge in [-0.3, -0.25) is 29.4 Å². The Morgan fingerprint density at radius 1 is 1.10 bits per heavy atom. The Kier molecular flexibility index (Phi) is 8.25. The fourth-order valence-corrected chi connectivity index (χ4v) is 4.41. The molecule has 0 atom stereocenters. The third-order valence-corrected chi connectivity index (χ3v) is 6.58. The second kappa shape index (κ2) is 11.8. The van der Waals surface area contributed by atoms with Crippen LogP contribution in [0.5, 0.6) is 17.4 Å². The predicted molar refractivity (Wildman–Crippen MR) is 146 cm³/mol. The monoisotopic (exact) mass is 548 g/mol. The number of hydrogen-bond acceptors (Lipinski definition) is 9. The van der Waals surface area contributed by atoms with Crippen LogP contribution in [-0.4, -0.2) is 45.0 Å². The molecule has 1 N–H and O–H groups in total. The number of benzene rings is 2. The number of aryl methyl sites for hydroxylation is 2. The molecule has 0 radical (unpaired) electrons. The van der Waals surface area contributed by atoms with Gasteiger partial charge in [0.2, 0.25) is 11.8 Å². The molecule has 1 fully saturated rings. The van der Waals surface area contributed by atoms with Gasteiger partial charge in [-0.15, -0.1) is 0 Å². The summed E-state index contributed by atoms with van der Waals surface area (Å²) in [5, 5.41) is 13.0. The summed E-state index contributed by atoms with van der Waals surface area (Å²) in [4.78, 5) is 53.2. The molecule has 1 aliphatic rings. The van der Waals surface area contributed by atoms with Crippen LogP contribution in [0, 0.1) is 24.0 Å². The van der Waals surface area contributed by atoms with E-state index in [1.165, 1.54) is 18.2 Å². The summed E-state index contributed by atoms with van der Waals surface area (Å²) in [6, 6.07) is 13.0. The van der Waals surface area contributed by atoms with Gasteiger partial charge in [0.25, 0.3) is 16.8 Å². The van der Waals surface area contributed by atoms with Crippen molar-refractivity contribution in [3.63, 3.8) is 0 Å². The number of aromatic nitrogens is 1. The van der Waals surface area contributed by atoms with E-state index in [0.717, 1.165) is 34.0 Å². The number of amides is 3. The van der Waals surface area contributed by atoms with Crippen molar-refractivity contribution in [2.75, 3.05) is 18.5 Å². The molecule has 12 heteroatoms. The summed E-state index contributed by atoms with van der Waals surface area (Å²) in [5.41, 5.74) is 3.07. The minimum Gasteiger partial charge on any atom is -0.490 e. The van der Waals surface area contributed by atoms with Gasteiger partial charge in [0.05, 0.1) is 16.4 Å². The predicted octanol–water partition coefficient (Wildman–Crippen LogP) is 5.47. The normalized spacial score (nSPS) is 14.0. The number of ether oxygens (including phenoxy) is 2. The summed E-state index contributed by atoms with van der Waals surface area (Å²) >= 11 is 0.740. The van der Waals surface area contributed by atoms with E-state index in [1.54, 1.807) is 31.2 Å². The summed E-state index contributed by atoms with van der Waals surface area (Å²) in [7, 11) is 0. The number of rotatable bonds is 9. The van der Waals surface area contributed by atoms with E-state index < -0.39 is 28.5 Å². The molecule has 200 valence electrons. The second-order valence-corrected chi connectivity index (χ2v) is 9.46. The van der Waals surface area contributed by atoms with Crippen LogP contribution >= 0.6 is 11.8 Å². The fraction of sp³-hybridized carbons (Fsp3) is 0.185. The third-order valence-electron chi connectivity index (χ3n) is 5.68. The average molecular weight is 549 g/mol. The Labute approximate surface area is 228 Å². The van der Waals surface area contributed by atoms with E-state index in [4.69, 9.17) is 9.47 Å². The van der Waals surface area contributed by atoms with Crippen molar-refractivity contribution in [2.24, 2.45) is 0 Å². The number of carbonyl (C=O) groups excluding carboxylic acids is 3. The number of nitro groups is 1. The summed E-state index contributed by atoms with van der Waals surface area (Å²) in [5.74, 6) is -0.269. The molecule has 1 saturated heterocycles. The summed E-state index contributed by atoms with van der Waals surface area (Å²) in [6.45, 7) is 5.58. The number of anilines is 1. The highest BCUT2D eigenvalue weighted by atomic mass is 32.2. The number of nitrogens with zero attached hydrogens (tertiary/aromatic N) is 3. The van der Waals surface area contributed by atoms with Crippen molar-refractivity contribution >= 4 is 46.3 Å². The van der Waals surface area contributed by atoms with E-state index >= 15 is 0 Å². The van der Waals surface area contributed by atoms with Crippen molar-refractivity contribution in [1.82, 2.24) is 9.88 Å². The zero-order valence-electron chi connectivity index (χ0n) is 21.3. The van der Waals surface area contributed by atoms with Crippen molar-refractivity contribution in [3.8, 4) is 17.4 Å². The standard InChI is InChI=1S/C27H24N4O7S/c1-4-37-22-12-18(6-9-21(22)38-25-10-8-20(14-28-25)31(35)36)13-23-26(33)30(27(34)39-23)15-24(32)29-19-7-5-16(2)17(3)11-19/h5-14H,4,15H2,1-3H3,(H,29,32)/b23-13-. The maximum atomic E-state index is 12.9. The third kappa shape index (κ3) is 6.60. The zero-order valence-corrected chi connectivity index (χ0v) is 22.1. The molecule has 1 aromatic heterocycles. The largest absolute Gasteiger partial charge is 0.490 e. The van der Waals surface area contributed by atoms with Gasteiger partial charge in [-0.05, 0) is 79.6 Å². The first-order valence-electron chi connectivity index (χ1n) is 11.8. The Hall–Kier alpha value is -4.71. The minimum absolute atomic E-state index is 0.134. The Balaban J connectivity index is 1.47. The van der Waals surface area contributed by atoms with Crippen molar-refractivity contribution in [1.29, 1.82) is 0 Å². The number of imide groups is 1. The van der Waals surface area contributed by atoms with Crippen LogP contribution in [0.4, 0.5) is 16.2 Å². The highest BCUT2D eigenvalue weighted by Gasteiger charge is 2.36. The number of carbonyl (C=O) groups is 3. The van der Waals surface area contributed by atoms with Gasteiger partial charge in [-0.1, -0.05) is 12.1 Å². The molecule has 4 rings (SSSR count). The maximum absolute atomic E-state index is 12.9. The molecule has 0 bridgehead atoms. The summed E-state index contributed by atoms with van der Waals surface area (Å²) in [6.07, 6.45) is 2.62. The lowest BCUT2D eigenvalue weighted by atomic mass is 10.1. The molecule has 11 nitrogen and oxygen atoms in total. The fourth-order valence-electron chi connectivity index (χ4n) is 3.57. The molecule has 39 heavy (non-hydrogen) atoms. The lowest BCUT2D eigenvalue weighted by Crippen LogP contribution is -2.36. The molecule has 1 aliphatic heterocycles. The van der Waals surface area contributed by atoms with Crippen LogP contribution in [0.15, 0.2) is 59.6 Å². The molecule has 3 aromatic rings. The van der Waals surface area contributed by atoms with Crippen LogP contribution < -0.4 is 14.8 Å². The highest BCUT2D eigenvalue weighted by molar-refractivity contribution is 8.18. The minimum atomic E-state index is -0.575. The Bertz CT molecular complexity index is 1490. The lowest BCUT2D eigenvalue weighted by molar-refractivity contribution is -0.385. The molecular formula is C27H24N4O7S. The van der Waals surface area contributed by atoms with Crippen LogP contribution in [0.2, 0.25) is 0 Å². The van der Waals surface area contributed by atoms with E-state index in [9.17, 15) is 24.5 Å². The van der Waals surface area contributed by atoms with Gasteiger partial charge >= 0.3 is 0 Å². The van der Waals surface area contributed by atoms with Crippen LogP contribution in [0.25, 0.3) is 6.08 Å². The molecule has 0 spiro atoms. The topological polar surface area (TPSA) is 141 Å². The smallest absolute Gasteiger partial charge is 0.294 e. The molecule has 0 unspecified atom stereocenters. The number of pyridine rings is 1. The maximum Gasteiger partial charge on any atom is 0.294 e. The number of hydrogen-bond donors (Lipinski definition) is 1. The van der Waals surface area contributed by atoms with E-state index in [1.807, 2.05) is 26.0 Å². The Morgan fingerprint density at radius 3 is 2.56 bits per heavy atom. The van der Waals surface area contributed by atoms with E-state index in [2.05, 4.69) is 10.3 Å². The van der Waals surface area contributed by atoms with Crippen molar-refractivity contribution < 1.29 is 28.8 Å². The zero-order chi connectivity index (χ0) is 28.1. The molecule has 2 aromatic carbocycles. The van der Waals surface area contributed by atoms with Gasteiger partial charge in [0, 0.05) is 17.8 Å². The Morgan fingerprint density at radius 2 is 1.90 bits per heavy atom. The SMILES string of the molecule is CCOc1cc(/C=C2\SC(=O)N(CC(=O)Nc3ccc(C)c(C)c3)C2=O)ccc1Oc1ccc([N+](=O)[O-])cn1. The van der Waals surface area contributed by atoms with Crippen LogP contribution in [0.3, 0.4) is 0 Å². The van der Waals surface area contributed by atoms with Gasteiger partial charge in [-0.25, -0.2) is 4.98 Å². The van der Waals surface area contributed by atoms with Crippen LogP contribution in [-0.2, 0) is 9.59 Å². The summed E-state index contributed by atoms with van der Waals surface area (Å²) < 4.78 is 11.4. The number of thioether (sulfide) groups is 1. The lowest BCUT2D eigenvalue weighted by Gasteiger charge is -2.13. The number of nitrogens with one attached hydrogen (secondary N) is 1. The molecule has 3 amide bonds. The van der Waals surface area contributed by atoms with Crippen LogP contribution in [0.1, 0.15) is 23.6 Å².